The number of thiazole rings is 1. The molecule has 4 aromatic rings. The smallest absolute Gasteiger partial charge is 0.311 e. The molecule has 0 atom stereocenters. The molecule has 0 saturated carbocycles. The summed E-state index contributed by atoms with van der Waals surface area (Å²) < 4.78 is 4.92. The van der Waals surface area contributed by atoms with Crippen molar-refractivity contribution in [1.82, 2.24) is 15.0 Å². The second kappa shape index (κ2) is 10.4. The van der Waals surface area contributed by atoms with Crippen LogP contribution in [-0.4, -0.2) is 39.2 Å². The number of nitrogens with zero attached hydrogens (tertiary/aromatic N) is 3. The van der Waals surface area contributed by atoms with Crippen LogP contribution < -0.4 is 5.32 Å². The van der Waals surface area contributed by atoms with Crippen LogP contribution in [-0.2, 0) is 20.7 Å². The van der Waals surface area contributed by atoms with Crippen LogP contribution in [0.1, 0.15) is 12.6 Å². The fraction of sp³-hybridized carbons (Fsp3) is 0.190. The first kappa shape index (κ1) is 22.7. The zero-order valence-electron chi connectivity index (χ0n) is 16.8. The molecule has 0 aliphatic heterocycles. The number of carbonyl (C=O) groups excluding carboxylic acids is 2. The first-order chi connectivity index (χ1) is 15.5. The molecule has 0 spiro atoms. The average molecular weight is 505 g/mol. The number of ether oxygens (including phenoxy) is 1. The second-order valence-corrected chi connectivity index (χ2v) is 9.59. The Morgan fingerprint density at radius 1 is 1.16 bits per heavy atom. The van der Waals surface area contributed by atoms with E-state index in [0.29, 0.717) is 22.5 Å². The topological polar surface area (TPSA) is 94.1 Å². The highest BCUT2D eigenvalue weighted by atomic mass is 35.5. The third-order valence-electron chi connectivity index (χ3n) is 4.26. The molecule has 0 radical (unpaired) electrons. The van der Waals surface area contributed by atoms with Crippen molar-refractivity contribution in [1.29, 1.82) is 0 Å². The third kappa shape index (κ3) is 5.44. The van der Waals surface area contributed by atoms with Gasteiger partial charge in [-0.25, -0.2) is 15.0 Å². The van der Waals surface area contributed by atoms with E-state index in [1.807, 2.05) is 29.6 Å². The van der Waals surface area contributed by atoms with E-state index in [9.17, 15) is 9.59 Å². The van der Waals surface area contributed by atoms with Crippen molar-refractivity contribution >= 4 is 73.3 Å². The van der Waals surface area contributed by atoms with Gasteiger partial charge in [-0.15, -0.1) is 22.7 Å². The quantitative estimate of drug-likeness (QED) is 0.197. The Kier molecular flexibility index (Phi) is 7.36. The highest BCUT2D eigenvalue weighted by Gasteiger charge is 2.16. The van der Waals surface area contributed by atoms with Gasteiger partial charge in [0.2, 0.25) is 5.91 Å². The van der Waals surface area contributed by atoms with Crippen LogP contribution in [0.5, 0.6) is 0 Å². The second-order valence-electron chi connectivity index (χ2n) is 6.48. The maximum Gasteiger partial charge on any atom is 0.311 e. The van der Waals surface area contributed by atoms with E-state index < -0.39 is 0 Å². The van der Waals surface area contributed by atoms with E-state index >= 15 is 0 Å². The van der Waals surface area contributed by atoms with Crippen LogP contribution in [0.3, 0.4) is 0 Å². The molecule has 0 fully saturated rings. The van der Waals surface area contributed by atoms with Gasteiger partial charge in [-0.05, 0) is 24.6 Å². The Morgan fingerprint density at radius 2 is 1.97 bits per heavy atom. The van der Waals surface area contributed by atoms with Crippen LogP contribution in [0.15, 0.2) is 46.4 Å². The number of rotatable bonds is 8. The van der Waals surface area contributed by atoms with Crippen molar-refractivity contribution in [2.75, 3.05) is 17.7 Å². The fourth-order valence-electron chi connectivity index (χ4n) is 2.89. The molecule has 0 saturated heterocycles. The summed E-state index contributed by atoms with van der Waals surface area (Å²) in [7, 11) is 0. The largest absolute Gasteiger partial charge is 0.466 e. The summed E-state index contributed by atoms with van der Waals surface area (Å²) in [5, 5.41) is 9.31. The number of halogens is 1. The molecule has 4 rings (SSSR count). The lowest BCUT2D eigenvalue weighted by Crippen LogP contribution is -2.14. The number of thiophene rings is 1. The molecule has 3 heterocycles. The maximum atomic E-state index is 12.5. The van der Waals surface area contributed by atoms with Crippen LogP contribution in [0.2, 0.25) is 5.02 Å². The van der Waals surface area contributed by atoms with Crippen molar-refractivity contribution in [3.05, 3.63) is 52.1 Å². The maximum absolute atomic E-state index is 12.5. The molecule has 0 unspecified atom stereocenters. The van der Waals surface area contributed by atoms with Gasteiger partial charge in [0.25, 0.3) is 0 Å². The van der Waals surface area contributed by atoms with Crippen LogP contribution in [0.25, 0.3) is 21.3 Å². The van der Waals surface area contributed by atoms with Gasteiger partial charge < -0.3 is 10.1 Å². The molecule has 1 aromatic carbocycles. The van der Waals surface area contributed by atoms with Crippen LogP contribution in [0.4, 0.5) is 5.13 Å². The molecule has 7 nitrogen and oxygen atoms in total. The molecule has 1 amide bonds. The summed E-state index contributed by atoms with van der Waals surface area (Å²) in [6, 6.07) is 7.59. The normalized spacial score (nSPS) is 10.9. The number of hydrogen-bond acceptors (Lipinski definition) is 9. The Balaban J connectivity index is 1.44. The number of nitrogens with one attached hydrogen (secondary N) is 1. The molecule has 1 N–H and O–H groups in total. The minimum Gasteiger partial charge on any atom is -0.466 e. The first-order valence-electron chi connectivity index (χ1n) is 9.54. The number of esters is 1. The lowest BCUT2D eigenvalue weighted by Gasteiger charge is -2.06. The lowest BCUT2D eigenvalue weighted by atomic mass is 10.1. The van der Waals surface area contributed by atoms with Crippen molar-refractivity contribution in [3.63, 3.8) is 0 Å². The van der Waals surface area contributed by atoms with Crippen molar-refractivity contribution < 1.29 is 14.3 Å². The molecule has 3 aromatic heterocycles. The molecule has 32 heavy (non-hydrogen) atoms. The Bertz CT molecular complexity index is 1260. The number of anilines is 1. The summed E-state index contributed by atoms with van der Waals surface area (Å²) in [6.45, 7) is 2.08. The summed E-state index contributed by atoms with van der Waals surface area (Å²) in [5.41, 5.74) is 2.59. The summed E-state index contributed by atoms with van der Waals surface area (Å²) in [4.78, 5) is 37.9. The van der Waals surface area contributed by atoms with E-state index in [0.717, 1.165) is 26.4 Å². The van der Waals surface area contributed by atoms with Crippen LogP contribution >= 0.6 is 46.0 Å². The SMILES string of the molecule is CCOC(=O)Cc1csc(NC(=O)CSc2ncnc3scc(-c4ccc(Cl)cc4)c23)n1. The number of amides is 1. The number of thioether (sulfide) groups is 1. The summed E-state index contributed by atoms with van der Waals surface area (Å²) in [5.74, 6) is -0.386. The van der Waals surface area contributed by atoms with Crippen LogP contribution in [0, 0.1) is 0 Å². The van der Waals surface area contributed by atoms with E-state index in [4.69, 9.17) is 16.3 Å². The summed E-state index contributed by atoms with van der Waals surface area (Å²) in [6.07, 6.45) is 1.59. The first-order valence-corrected chi connectivity index (χ1v) is 12.7. The van der Waals surface area contributed by atoms with Gasteiger partial charge in [-0.3, -0.25) is 9.59 Å². The van der Waals surface area contributed by atoms with Gasteiger partial charge >= 0.3 is 5.97 Å². The Hall–Kier alpha value is -2.53. The van der Waals surface area contributed by atoms with E-state index in [1.54, 1.807) is 12.3 Å². The van der Waals surface area contributed by atoms with Gasteiger partial charge in [0.15, 0.2) is 5.13 Å². The predicted molar refractivity (Wildman–Crippen MR) is 130 cm³/mol. The highest BCUT2D eigenvalue weighted by molar-refractivity contribution is 8.00. The molecule has 0 aliphatic carbocycles. The summed E-state index contributed by atoms with van der Waals surface area (Å²) >= 11 is 10.2. The van der Waals surface area contributed by atoms with Gasteiger partial charge in [0, 0.05) is 21.3 Å². The number of benzene rings is 1. The van der Waals surface area contributed by atoms with Gasteiger partial charge in [-0.1, -0.05) is 35.5 Å². The van der Waals surface area contributed by atoms with Gasteiger partial charge in [0.05, 0.1) is 29.9 Å². The fourth-order valence-corrected chi connectivity index (χ4v) is 5.54. The van der Waals surface area contributed by atoms with Gasteiger partial charge in [-0.2, -0.15) is 0 Å². The minimum atomic E-state index is -0.341. The zero-order chi connectivity index (χ0) is 22.5. The average Bonchev–Trinajstić information content (AvgIpc) is 3.40. The molecule has 11 heteroatoms. The molecular weight excluding hydrogens is 488 g/mol. The van der Waals surface area contributed by atoms with E-state index in [2.05, 4.69) is 20.3 Å². The van der Waals surface area contributed by atoms with Crippen molar-refractivity contribution in [3.8, 4) is 11.1 Å². The van der Waals surface area contributed by atoms with Crippen molar-refractivity contribution in [2.45, 2.75) is 18.4 Å². The molecule has 164 valence electrons. The van der Waals surface area contributed by atoms with Gasteiger partial charge in [0.1, 0.15) is 16.2 Å². The third-order valence-corrected chi connectivity index (χ3v) is 7.19. The number of fused-ring (bicyclic) bond motifs is 1. The number of hydrogen-bond donors (Lipinski definition) is 1. The monoisotopic (exact) mass is 504 g/mol. The Morgan fingerprint density at radius 3 is 2.75 bits per heavy atom. The van der Waals surface area contributed by atoms with E-state index in [1.165, 1.54) is 40.8 Å². The highest BCUT2D eigenvalue weighted by Crippen LogP contribution is 2.38. The lowest BCUT2D eigenvalue weighted by molar-refractivity contribution is -0.142. The number of carbonyl (C=O) groups is 2. The number of aromatic nitrogens is 3. The molecule has 0 aliphatic rings. The standard InChI is InChI=1S/C21H17ClN4O3S3/c1-2-29-17(28)7-14-8-32-21(25-14)26-16(27)10-31-20-18-15(9-30-19(18)23-11-24-20)12-3-5-13(22)6-4-12/h3-6,8-9,11H,2,7,10H2,1H3,(H,25,26,27). The van der Waals surface area contributed by atoms with E-state index in [-0.39, 0.29) is 24.1 Å². The predicted octanol–water partition coefficient (Wildman–Crippen LogP) is 5.30. The Labute approximate surface area is 201 Å². The zero-order valence-corrected chi connectivity index (χ0v) is 20.0. The molecular formula is C21H17ClN4O3S3. The molecule has 0 bridgehead atoms. The van der Waals surface area contributed by atoms with Crippen molar-refractivity contribution in [2.24, 2.45) is 0 Å². The minimum absolute atomic E-state index is 0.0828.